The SMILES string of the molecule is CC(C)(C=O)CO.CC(C)(C=O)CO.CC(C)(CO)CO.CC(C)C=O.[Na+].[Na+].[OH-].[OH-]. The van der Waals surface area contributed by atoms with Crippen molar-refractivity contribution in [1.29, 1.82) is 0 Å². The second kappa shape index (κ2) is 29.8. The van der Waals surface area contributed by atoms with Gasteiger partial charge in [-0.15, -0.1) is 0 Å². The third-order valence-electron chi connectivity index (χ3n) is 2.58. The third kappa shape index (κ3) is 51.4. The fourth-order valence-corrected chi connectivity index (χ4v) is 0.125. The van der Waals surface area contributed by atoms with E-state index in [2.05, 4.69) is 0 Å². The summed E-state index contributed by atoms with van der Waals surface area (Å²) < 4.78 is 0. The van der Waals surface area contributed by atoms with E-state index in [4.69, 9.17) is 20.4 Å². The molecular weight excluding hydrogens is 418 g/mol. The van der Waals surface area contributed by atoms with Crippen LogP contribution in [0.25, 0.3) is 0 Å². The van der Waals surface area contributed by atoms with E-state index < -0.39 is 10.8 Å². The van der Waals surface area contributed by atoms with Crippen molar-refractivity contribution < 1.29 is 105 Å². The molecule has 6 N–H and O–H groups in total. The Balaban J connectivity index is -0.0000000346. The number of carbonyl (C=O) groups is 3. The van der Waals surface area contributed by atoms with Gasteiger partial charge in [0.25, 0.3) is 0 Å². The molecule has 0 aromatic heterocycles. The van der Waals surface area contributed by atoms with Crippen LogP contribution in [0.15, 0.2) is 0 Å². The van der Waals surface area contributed by atoms with Crippen LogP contribution in [0, 0.1) is 22.2 Å². The summed E-state index contributed by atoms with van der Waals surface area (Å²) >= 11 is 0. The number of rotatable bonds is 7. The molecule has 0 unspecified atom stereocenters. The first-order valence-corrected chi connectivity index (χ1v) is 8.45. The van der Waals surface area contributed by atoms with Crippen molar-refractivity contribution in [2.24, 2.45) is 22.2 Å². The Morgan fingerprint density at radius 2 is 0.833 bits per heavy atom. The molecular formula is C19H42Na2O9. The number of hydrogen-bond donors (Lipinski definition) is 4. The van der Waals surface area contributed by atoms with Crippen molar-refractivity contribution in [2.75, 3.05) is 26.4 Å². The standard InChI is InChI=1S/C5H12O2.2C5H10O2.C4H8O.2Na.2H2O/c3*1-5(2,3-6)4-7;1-4(2)3-5;;;;/h6-7H,3-4H2,1-2H3;2*3,7H,4H2,1-2H3;3-4H,1-2H3;;;2*1H2/q;;;;2*+1;;/p-2. The van der Waals surface area contributed by atoms with Gasteiger partial charge in [-0.2, -0.15) is 0 Å². The van der Waals surface area contributed by atoms with Gasteiger partial charge in [0.1, 0.15) is 18.9 Å². The zero-order chi connectivity index (χ0) is 22.0. The molecule has 30 heavy (non-hydrogen) atoms. The Morgan fingerprint density at radius 3 is 0.833 bits per heavy atom. The van der Waals surface area contributed by atoms with Crippen molar-refractivity contribution in [2.45, 2.75) is 55.4 Å². The number of aliphatic hydroxyl groups excluding tert-OH is 4. The van der Waals surface area contributed by atoms with E-state index in [-0.39, 0.29) is 108 Å². The Morgan fingerprint density at radius 1 is 0.633 bits per heavy atom. The van der Waals surface area contributed by atoms with Gasteiger partial charge < -0.3 is 45.8 Å². The monoisotopic (exact) mass is 460 g/mol. The molecule has 0 aliphatic heterocycles. The summed E-state index contributed by atoms with van der Waals surface area (Å²) in [7, 11) is 0. The smallest absolute Gasteiger partial charge is 0.870 e. The maximum Gasteiger partial charge on any atom is 1.00 e. The molecule has 0 aliphatic carbocycles. The minimum absolute atomic E-state index is 0. The van der Waals surface area contributed by atoms with Crippen molar-refractivity contribution in [3.63, 3.8) is 0 Å². The van der Waals surface area contributed by atoms with Gasteiger partial charge in [0, 0.05) is 22.2 Å². The second-order valence-corrected chi connectivity index (χ2v) is 8.39. The molecule has 0 fully saturated rings. The van der Waals surface area contributed by atoms with Gasteiger partial charge in [-0.1, -0.05) is 55.4 Å². The molecule has 0 radical (unpaired) electrons. The van der Waals surface area contributed by atoms with Crippen LogP contribution in [0.4, 0.5) is 0 Å². The van der Waals surface area contributed by atoms with Gasteiger partial charge >= 0.3 is 59.1 Å². The number of hydrogen-bond acceptors (Lipinski definition) is 9. The first-order chi connectivity index (χ1) is 11.6. The topological polar surface area (TPSA) is 192 Å². The minimum atomic E-state index is -0.542. The average molecular weight is 461 g/mol. The first kappa shape index (κ1) is 52.6. The Labute approximate surface area is 226 Å². The molecule has 0 saturated carbocycles. The van der Waals surface area contributed by atoms with Crippen LogP contribution in [-0.4, -0.2) is 76.7 Å². The number of aliphatic hydroxyl groups is 4. The number of aldehydes is 3. The zero-order valence-corrected chi connectivity index (χ0v) is 24.5. The molecule has 0 saturated heterocycles. The summed E-state index contributed by atoms with van der Waals surface area (Å²) in [5.41, 5.74) is -1.39. The molecule has 0 aromatic carbocycles. The largest absolute Gasteiger partial charge is 1.00 e. The second-order valence-electron chi connectivity index (χ2n) is 8.39. The average Bonchev–Trinajstić information content (AvgIpc) is 2.63. The van der Waals surface area contributed by atoms with Gasteiger partial charge in [0.15, 0.2) is 0 Å². The van der Waals surface area contributed by atoms with Crippen LogP contribution >= 0.6 is 0 Å². The summed E-state index contributed by atoms with van der Waals surface area (Å²) in [6.45, 7) is 14.0. The molecule has 9 nitrogen and oxygen atoms in total. The van der Waals surface area contributed by atoms with Crippen molar-refractivity contribution in [3.05, 3.63) is 0 Å². The van der Waals surface area contributed by atoms with Gasteiger partial charge in [-0.25, -0.2) is 0 Å². The van der Waals surface area contributed by atoms with E-state index in [1.54, 1.807) is 41.5 Å². The van der Waals surface area contributed by atoms with E-state index in [1.807, 2.05) is 13.8 Å². The molecule has 0 heterocycles. The molecule has 0 amide bonds. The molecule has 174 valence electrons. The van der Waals surface area contributed by atoms with Gasteiger partial charge in [0.05, 0.1) is 26.4 Å². The molecule has 0 aliphatic rings. The Bertz CT molecular complexity index is 336. The Hall–Kier alpha value is 0.770. The quantitative estimate of drug-likeness (QED) is 0.212. The summed E-state index contributed by atoms with van der Waals surface area (Å²) in [5.74, 6) is 0.204. The molecule has 0 rings (SSSR count). The minimum Gasteiger partial charge on any atom is -0.870 e. The molecule has 0 spiro atoms. The van der Waals surface area contributed by atoms with E-state index in [9.17, 15) is 14.4 Å². The van der Waals surface area contributed by atoms with Gasteiger partial charge in [-0.05, 0) is 0 Å². The maximum absolute atomic E-state index is 9.90. The fraction of sp³-hybridized carbons (Fsp3) is 0.842. The molecule has 0 atom stereocenters. The predicted octanol–water partition coefficient (Wildman–Crippen LogP) is -5.10. The van der Waals surface area contributed by atoms with Crippen LogP contribution in [0.3, 0.4) is 0 Å². The zero-order valence-electron chi connectivity index (χ0n) is 20.5. The normalized spacial score (nSPS) is 9.50. The van der Waals surface area contributed by atoms with E-state index in [0.717, 1.165) is 18.9 Å². The number of carbonyl (C=O) groups excluding carboxylic acids is 3. The van der Waals surface area contributed by atoms with Crippen LogP contribution in [-0.2, 0) is 14.4 Å². The van der Waals surface area contributed by atoms with Crippen molar-refractivity contribution in [3.8, 4) is 0 Å². The maximum atomic E-state index is 9.90. The third-order valence-corrected chi connectivity index (χ3v) is 2.58. The summed E-state index contributed by atoms with van der Waals surface area (Å²) in [6, 6.07) is 0. The van der Waals surface area contributed by atoms with Crippen molar-refractivity contribution >= 4 is 18.9 Å². The van der Waals surface area contributed by atoms with Crippen LogP contribution < -0.4 is 59.1 Å². The summed E-state index contributed by atoms with van der Waals surface area (Å²) in [6.07, 6.45) is 2.40. The van der Waals surface area contributed by atoms with Crippen molar-refractivity contribution in [1.82, 2.24) is 0 Å². The molecule has 11 heteroatoms. The summed E-state index contributed by atoms with van der Waals surface area (Å²) in [5, 5.41) is 33.6. The van der Waals surface area contributed by atoms with E-state index in [1.165, 1.54) is 0 Å². The first-order valence-electron chi connectivity index (χ1n) is 8.45. The molecule has 0 bridgehead atoms. The van der Waals surface area contributed by atoms with Crippen LogP contribution in [0.5, 0.6) is 0 Å². The summed E-state index contributed by atoms with van der Waals surface area (Å²) in [4.78, 5) is 29.3. The van der Waals surface area contributed by atoms with Gasteiger partial charge in [0.2, 0.25) is 0 Å². The Kier molecular flexibility index (Phi) is 52.2. The van der Waals surface area contributed by atoms with Crippen LogP contribution in [0.1, 0.15) is 55.4 Å². The van der Waals surface area contributed by atoms with E-state index in [0.29, 0.717) is 0 Å². The molecule has 0 aromatic rings. The van der Waals surface area contributed by atoms with E-state index >= 15 is 0 Å². The van der Waals surface area contributed by atoms with Gasteiger partial charge in [-0.3, -0.25) is 0 Å². The van der Waals surface area contributed by atoms with Crippen LogP contribution in [0.2, 0.25) is 0 Å². The predicted molar refractivity (Wildman–Crippen MR) is 107 cm³/mol. The fourth-order valence-electron chi connectivity index (χ4n) is 0.125.